The number of aliphatic imine (C=N–C) groups is 1. The lowest BCUT2D eigenvalue weighted by Crippen LogP contribution is -2.33. The molecule has 0 aliphatic carbocycles. The maximum absolute atomic E-state index is 10.5. The molecule has 0 unspecified atom stereocenters. The Hall–Kier alpha value is -2.83. The standard InChI is InChI=1S/C24H21BrN2O3/c1-14-2-4-15(5-3-14)24-26-19(16-6-9-22-23(10-16)30-13-29-22)12-20(27-24)18-11-17(25)7-8-21(18)28/h2-11,20,24,27-28H,12-13H2,1H3/t20-,24-/m1/s1. The molecule has 0 radical (unpaired) electrons. The summed E-state index contributed by atoms with van der Waals surface area (Å²) >= 11 is 3.53. The molecule has 0 amide bonds. The number of benzene rings is 3. The van der Waals surface area contributed by atoms with Crippen LogP contribution in [0.5, 0.6) is 17.2 Å². The first-order chi connectivity index (χ1) is 14.6. The van der Waals surface area contributed by atoms with E-state index in [4.69, 9.17) is 14.5 Å². The van der Waals surface area contributed by atoms with Gasteiger partial charge in [0, 0.05) is 28.2 Å². The van der Waals surface area contributed by atoms with Crippen LogP contribution in [-0.2, 0) is 0 Å². The average molecular weight is 465 g/mol. The molecule has 0 saturated heterocycles. The highest BCUT2D eigenvalue weighted by Crippen LogP contribution is 2.38. The van der Waals surface area contributed by atoms with E-state index >= 15 is 0 Å². The fourth-order valence-electron chi connectivity index (χ4n) is 3.88. The van der Waals surface area contributed by atoms with Gasteiger partial charge in [-0.25, -0.2) is 0 Å². The summed E-state index contributed by atoms with van der Waals surface area (Å²) in [6.07, 6.45) is 0.426. The van der Waals surface area contributed by atoms with E-state index in [1.54, 1.807) is 6.07 Å². The number of halogens is 1. The maximum atomic E-state index is 10.5. The number of aryl methyl sites for hydroxylation is 1. The van der Waals surface area contributed by atoms with Crippen molar-refractivity contribution in [2.24, 2.45) is 4.99 Å². The Bertz CT molecular complexity index is 1130. The van der Waals surface area contributed by atoms with Gasteiger partial charge >= 0.3 is 0 Å². The number of hydrogen-bond donors (Lipinski definition) is 2. The van der Waals surface area contributed by atoms with Crippen molar-refractivity contribution < 1.29 is 14.6 Å². The van der Waals surface area contributed by atoms with Crippen molar-refractivity contribution in [1.29, 1.82) is 0 Å². The number of nitrogens with zero attached hydrogens (tertiary/aromatic N) is 1. The van der Waals surface area contributed by atoms with Crippen molar-refractivity contribution in [2.45, 2.75) is 25.6 Å². The van der Waals surface area contributed by atoms with Gasteiger partial charge in [-0.05, 0) is 54.4 Å². The summed E-state index contributed by atoms with van der Waals surface area (Å²) in [5.74, 6) is 1.76. The second-order valence-corrected chi connectivity index (χ2v) is 8.50. The summed E-state index contributed by atoms with van der Waals surface area (Å²) in [7, 11) is 0. The first-order valence-corrected chi connectivity index (χ1v) is 10.6. The molecule has 5 nitrogen and oxygen atoms in total. The highest BCUT2D eigenvalue weighted by Gasteiger charge is 2.28. The molecule has 2 aliphatic rings. The van der Waals surface area contributed by atoms with E-state index in [1.165, 1.54) is 5.56 Å². The molecule has 3 aromatic carbocycles. The van der Waals surface area contributed by atoms with E-state index in [-0.39, 0.29) is 24.8 Å². The summed E-state index contributed by atoms with van der Waals surface area (Å²) in [4.78, 5) is 5.02. The fraction of sp³-hybridized carbons (Fsp3) is 0.208. The molecule has 2 aliphatic heterocycles. The number of phenolic OH excluding ortho intramolecular Hbond substituents is 1. The molecule has 0 fully saturated rings. The van der Waals surface area contributed by atoms with Gasteiger partial charge < -0.3 is 14.6 Å². The van der Waals surface area contributed by atoms with Crippen molar-refractivity contribution in [3.05, 3.63) is 87.4 Å². The zero-order valence-electron chi connectivity index (χ0n) is 16.4. The third kappa shape index (κ3) is 3.68. The van der Waals surface area contributed by atoms with Crippen LogP contribution in [0.2, 0.25) is 0 Å². The minimum Gasteiger partial charge on any atom is -0.508 e. The summed E-state index contributed by atoms with van der Waals surface area (Å²) in [5, 5.41) is 14.1. The lowest BCUT2D eigenvalue weighted by molar-refractivity contribution is 0.174. The highest BCUT2D eigenvalue weighted by atomic mass is 79.9. The van der Waals surface area contributed by atoms with Crippen LogP contribution in [-0.4, -0.2) is 17.6 Å². The first-order valence-electron chi connectivity index (χ1n) is 9.84. The number of fused-ring (bicyclic) bond motifs is 1. The van der Waals surface area contributed by atoms with Crippen LogP contribution in [0.3, 0.4) is 0 Å². The minimum atomic E-state index is -0.219. The lowest BCUT2D eigenvalue weighted by Gasteiger charge is -2.31. The van der Waals surface area contributed by atoms with Gasteiger partial charge in [0.05, 0.1) is 0 Å². The lowest BCUT2D eigenvalue weighted by atomic mass is 9.93. The maximum Gasteiger partial charge on any atom is 0.231 e. The van der Waals surface area contributed by atoms with Crippen molar-refractivity contribution in [3.63, 3.8) is 0 Å². The molecule has 2 N–H and O–H groups in total. The van der Waals surface area contributed by atoms with E-state index in [0.29, 0.717) is 6.42 Å². The second kappa shape index (κ2) is 7.78. The molecule has 2 atom stereocenters. The number of rotatable bonds is 3. The Morgan fingerprint density at radius 3 is 2.63 bits per heavy atom. The van der Waals surface area contributed by atoms with Gasteiger partial charge in [-0.3, -0.25) is 10.3 Å². The molecular weight excluding hydrogens is 444 g/mol. The van der Waals surface area contributed by atoms with Crippen LogP contribution in [0.25, 0.3) is 0 Å². The van der Waals surface area contributed by atoms with Crippen LogP contribution in [0, 0.1) is 6.92 Å². The van der Waals surface area contributed by atoms with Gasteiger partial charge in [0.2, 0.25) is 6.79 Å². The van der Waals surface area contributed by atoms with Gasteiger partial charge in [0.1, 0.15) is 11.9 Å². The Labute approximate surface area is 183 Å². The topological polar surface area (TPSA) is 63.1 Å². The van der Waals surface area contributed by atoms with Crippen molar-refractivity contribution in [3.8, 4) is 17.2 Å². The molecule has 6 heteroatoms. The monoisotopic (exact) mass is 464 g/mol. The Morgan fingerprint density at radius 2 is 1.80 bits per heavy atom. The van der Waals surface area contributed by atoms with Crippen LogP contribution in [0.1, 0.15) is 40.9 Å². The van der Waals surface area contributed by atoms with Crippen molar-refractivity contribution in [1.82, 2.24) is 5.32 Å². The molecule has 0 saturated carbocycles. The van der Waals surface area contributed by atoms with Gasteiger partial charge in [0.25, 0.3) is 0 Å². The van der Waals surface area contributed by atoms with E-state index < -0.39 is 0 Å². The van der Waals surface area contributed by atoms with E-state index in [1.807, 2.05) is 30.3 Å². The predicted octanol–water partition coefficient (Wildman–Crippen LogP) is 5.41. The Morgan fingerprint density at radius 1 is 1.00 bits per heavy atom. The first kappa shape index (κ1) is 19.2. The van der Waals surface area contributed by atoms with Crippen molar-refractivity contribution in [2.75, 3.05) is 6.79 Å². The van der Waals surface area contributed by atoms with E-state index in [9.17, 15) is 5.11 Å². The van der Waals surface area contributed by atoms with Crippen LogP contribution in [0.15, 0.2) is 70.1 Å². The SMILES string of the molecule is Cc1ccc([C@@H]2N=C(c3ccc4c(c3)OCO4)C[C@H](c3cc(Br)ccc3O)N2)cc1. The molecule has 2 heterocycles. The van der Waals surface area contributed by atoms with Gasteiger partial charge in [0.15, 0.2) is 11.5 Å². The molecular formula is C24H21BrN2O3. The zero-order chi connectivity index (χ0) is 20.7. The molecule has 152 valence electrons. The van der Waals surface area contributed by atoms with Crippen molar-refractivity contribution >= 4 is 21.6 Å². The zero-order valence-corrected chi connectivity index (χ0v) is 18.0. The second-order valence-electron chi connectivity index (χ2n) is 7.58. The fourth-order valence-corrected chi connectivity index (χ4v) is 4.26. The Kier molecular flexibility index (Phi) is 4.97. The number of phenols is 1. The molecule has 0 bridgehead atoms. The number of ether oxygens (including phenoxy) is 2. The molecule has 30 heavy (non-hydrogen) atoms. The average Bonchev–Trinajstić information content (AvgIpc) is 3.23. The highest BCUT2D eigenvalue weighted by molar-refractivity contribution is 9.10. The van der Waals surface area contributed by atoms with E-state index in [0.717, 1.165) is 38.4 Å². The predicted molar refractivity (Wildman–Crippen MR) is 119 cm³/mol. The van der Waals surface area contributed by atoms with Gasteiger partial charge in [-0.2, -0.15) is 0 Å². The minimum absolute atomic E-state index is 0.0910. The molecule has 0 aromatic heterocycles. The molecule has 0 spiro atoms. The number of hydrogen-bond acceptors (Lipinski definition) is 5. The smallest absolute Gasteiger partial charge is 0.231 e. The van der Waals surface area contributed by atoms with Crippen LogP contribution in [0.4, 0.5) is 0 Å². The molecule has 5 rings (SSSR count). The van der Waals surface area contributed by atoms with Gasteiger partial charge in [-0.15, -0.1) is 0 Å². The van der Waals surface area contributed by atoms with E-state index in [2.05, 4.69) is 52.4 Å². The summed E-state index contributed by atoms with van der Waals surface area (Å²) < 4.78 is 11.9. The normalized spacial score (nSPS) is 20.1. The number of nitrogens with one attached hydrogen (secondary N) is 1. The third-order valence-electron chi connectivity index (χ3n) is 5.51. The Balaban J connectivity index is 1.56. The number of aromatic hydroxyl groups is 1. The van der Waals surface area contributed by atoms with Crippen LogP contribution >= 0.6 is 15.9 Å². The quantitative estimate of drug-likeness (QED) is 0.543. The van der Waals surface area contributed by atoms with Crippen LogP contribution < -0.4 is 14.8 Å². The summed E-state index contributed by atoms with van der Waals surface area (Å²) in [5.41, 5.74) is 5.09. The van der Waals surface area contributed by atoms with Gasteiger partial charge in [-0.1, -0.05) is 45.8 Å². The third-order valence-corrected chi connectivity index (χ3v) is 6.00. The molecule has 3 aromatic rings. The summed E-state index contributed by atoms with van der Waals surface area (Å²) in [6.45, 7) is 2.31. The largest absolute Gasteiger partial charge is 0.508 e. The summed E-state index contributed by atoms with van der Waals surface area (Å²) in [6, 6.07) is 19.7.